The maximum absolute atomic E-state index is 11.5. The van der Waals surface area contributed by atoms with Gasteiger partial charge in [0.25, 0.3) is 0 Å². The number of unbranched alkanes of at least 4 members (excludes halogenated alkanes) is 3. The van der Waals surface area contributed by atoms with E-state index in [1.165, 1.54) is 12.8 Å². The summed E-state index contributed by atoms with van der Waals surface area (Å²) < 4.78 is 16.1. The van der Waals surface area contributed by atoms with Crippen LogP contribution in [0.25, 0.3) is 0 Å². The monoisotopic (exact) mass is 322 g/mol. The molecule has 0 saturated carbocycles. The zero-order valence-corrected chi connectivity index (χ0v) is 14.2. The number of carbonyl (C=O) groups is 2. The molecular formula is C18H26O5. The molecule has 0 atom stereocenters. The molecule has 0 spiro atoms. The van der Waals surface area contributed by atoms with Crippen LogP contribution in [0.2, 0.25) is 0 Å². The zero-order chi connectivity index (χ0) is 17.1. The van der Waals surface area contributed by atoms with Gasteiger partial charge in [0.1, 0.15) is 5.75 Å². The van der Waals surface area contributed by atoms with Gasteiger partial charge in [-0.3, -0.25) is 9.59 Å². The van der Waals surface area contributed by atoms with E-state index in [9.17, 15) is 9.59 Å². The van der Waals surface area contributed by atoms with Gasteiger partial charge in [-0.15, -0.1) is 0 Å². The van der Waals surface area contributed by atoms with Crippen molar-refractivity contribution in [3.8, 4) is 17.2 Å². The first-order valence-corrected chi connectivity index (χ1v) is 8.28. The maximum atomic E-state index is 11.5. The molecule has 0 unspecified atom stereocenters. The van der Waals surface area contributed by atoms with Crippen LogP contribution in [0.5, 0.6) is 17.2 Å². The molecule has 0 radical (unpaired) electrons. The number of esters is 2. The molecule has 0 heterocycles. The molecule has 128 valence electrons. The van der Waals surface area contributed by atoms with Gasteiger partial charge in [0.05, 0.1) is 6.61 Å². The van der Waals surface area contributed by atoms with E-state index in [4.69, 9.17) is 14.2 Å². The molecule has 1 rings (SSSR count). The molecule has 0 aromatic heterocycles. The lowest BCUT2D eigenvalue weighted by atomic mass is 10.2. The minimum atomic E-state index is -0.390. The predicted octanol–water partition coefficient (Wildman–Crippen LogP) is 4.28. The molecule has 23 heavy (non-hydrogen) atoms. The lowest BCUT2D eigenvalue weighted by Crippen LogP contribution is -2.10. The Kier molecular flexibility index (Phi) is 8.80. The molecule has 0 amide bonds. The van der Waals surface area contributed by atoms with Crippen molar-refractivity contribution in [3.05, 3.63) is 18.2 Å². The second-order valence-electron chi connectivity index (χ2n) is 5.17. The number of carbonyl (C=O) groups excluding carboxylic acids is 2. The molecule has 0 saturated heterocycles. The lowest BCUT2D eigenvalue weighted by Gasteiger charge is -2.12. The Hall–Kier alpha value is -2.04. The second-order valence-corrected chi connectivity index (χ2v) is 5.17. The Morgan fingerprint density at radius 2 is 1.52 bits per heavy atom. The molecule has 0 aliphatic heterocycles. The SMILES string of the molecule is CCCCCCOc1ccc(OC(=O)CC)c(OC(=O)CC)c1. The molecule has 1 aromatic carbocycles. The van der Waals surface area contributed by atoms with Gasteiger partial charge in [-0.1, -0.05) is 40.0 Å². The summed E-state index contributed by atoms with van der Waals surface area (Å²) in [5.41, 5.74) is 0. The van der Waals surface area contributed by atoms with Crippen molar-refractivity contribution < 1.29 is 23.8 Å². The highest BCUT2D eigenvalue weighted by Gasteiger charge is 2.13. The lowest BCUT2D eigenvalue weighted by molar-refractivity contribution is -0.136. The molecule has 1 aromatic rings. The highest BCUT2D eigenvalue weighted by molar-refractivity contribution is 5.76. The van der Waals surface area contributed by atoms with E-state index in [-0.39, 0.29) is 36.3 Å². The summed E-state index contributed by atoms with van der Waals surface area (Å²) in [5.74, 6) is 0.268. The topological polar surface area (TPSA) is 61.8 Å². The minimum Gasteiger partial charge on any atom is -0.493 e. The maximum Gasteiger partial charge on any atom is 0.311 e. The molecule has 0 fully saturated rings. The van der Waals surface area contributed by atoms with Gasteiger partial charge in [-0.05, 0) is 18.6 Å². The first-order valence-electron chi connectivity index (χ1n) is 8.28. The largest absolute Gasteiger partial charge is 0.493 e. The third kappa shape index (κ3) is 7.17. The number of rotatable bonds is 10. The van der Waals surface area contributed by atoms with Crippen LogP contribution in [0.1, 0.15) is 59.3 Å². The number of ether oxygens (including phenoxy) is 3. The van der Waals surface area contributed by atoms with Crippen molar-refractivity contribution in [1.82, 2.24) is 0 Å². The first-order chi connectivity index (χ1) is 11.1. The molecule has 5 heteroatoms. The minimum absolute atomic E-state index is 0.213. The van der Waals surface area contributed by atoms with Gasteiger partial charge in [-0.2, -0.15) is 0 Å². The molecular weight excluding hydrogens is 296 g/mol. The molecule has 0 bridgehead atoms. The van der Waals surface area contributed by atoms with Gasteiger partial charge in [0.2, 0.25) is 0 Å². The highest BCUT2D eigenvalue weighted by atomic mass is 16.6. The van der Waals surface area contributed by atoms with Crippen molar-refractivity contribution in [1.29, 1.82) is 0 Å². The molecule has 0 N–H and O–H groups in total. The summed E-state index contributed by atoms with van der Waals surface area (Å²) in [7, 11) is 0. The van der Waals surface area contributed by atoms with E-state index < -0.39 is 0 Å². The normalized spacial score (nSPS) is 10.2. The van der Waals surface area contributed by atoms with Crippen molar-refractivity contribution in [2.24, 2.45) is 0 Å². The van der Waals surface area contributed by atoms with Gasteiger partial charge < -0.3 is 14.2 Å². The zero-order valence-electron chi connectivity index (χ0n) is 14.2. The Balaban J connectivity index is 2.75. The molecule has 0 aliphatic carbocycles. The Bertz CT molecular complexity index is 510. The standard InChI is InChI=1S/C18H26O5/c1-4-7-8-9-12-21-14-10-11-15(22-17(19)5-2)16(13-14)23-18(20)6-3/h10-11,13H,4-9,12H2,1-3H3. The van der Waals surface area contributed by atoms with Gasteiger partial charge in [0, 0.05) is 18.9 Å². The summed E-state index contributed by atoms with van der Waals surface area (Å²) in [6.45, 7) is 6.17. The van der Waals surface area contributed by atoms with Crippen LogP contribution < -0.4 is 14.2 Å². The fraction of sp³-hybridized carbons (Fsp3) is 0.556. The third-order valence-electron chi connectivity index (χ3n) is 3.21. The first kappa shape index (κ1) is 19.0. The van der Waals surface area contributed by atoms with Crippen molar-refractivity contribution in [2.45, 2.75) is 59.3 Å². The fourth-order valence-corrected chi connectivity index (χ4v) is 1.85. The van der Waals surface area contributed by atoms with Crippen LogP contribution in [0.3, 0.4) is 0 Å². The van der Waals surface area contributed by atoms with Crippen LogP contribution in [-0.4, -0.2) is 18.5 Å². The van der Waals surface area contributed by atoms with Crippen LogP contribution in [0.15, 0.2) is 18.2 Å². The third-order valence-corrected chi connectivity index (χ3v) is 3.21. The van der Waals surface area contributed by atoms with Crippen LogP contribution in [0, 0.1) is 0 Å². The van der Waals surface area contributed by atoms with Gasteiger partial charge in [-0.25, -0.2) is 0 Å². The summed E-state index contributed by atoms with van der Waals surface area (Å²) in [6.07, 6.45) is 4.95. The van der Waals surface area contributed by atoms with E-state index in [1.54, 1.807) is 32.0 Å². The molecule has 0 aliphatic rings. The van der Waals surface area contributed by atoms with E-state index >= 15 is 0 Å². The van der Waals surface area contributed by atoms with E-state index in [0.29, 0.717) is 12.4 Å². The number of hydrogen-bond acceptors (Lipinski definition) is 5. The van der Waals surface area contributed by atoms with Crippen LogP contribution in [0.4, 0.5) is 0 Å². The van der Waals surface area contributed by atoms with E-state index in [0.717, 1.165) is 12.8 Å². The smallest absolute Gasteiger partial charge is 0.311 e. The summed E-state index contributed by atoms with van der Waals surface area (Å²) in [6, 6.07) is 4.89. The fourth-order valence-electron chi connectivity index (χ4n) is 1.85. The number of hydrogen-bond donors (Lipinski definition) is 0. The Morgan fingerprint density at radius 3 is 2.13 bits per heavy atom. The van der Waals surface area contributed by atoms with E-state index in [2.05, 4.69) is 6.92 Å². The Labute approximate surface area is 137 Å². The summed E-state index contributed by atoms with van der Waals surface area (Å²) in [4.78, 5) is 23.0. The van der Waals surface area contributed by atoms with E-state index in [1.807, 2.05) is 0 Å². The van der Waals surface area contributed by atoms with Crippen molar-refractivity contribution in [3.63, 3.8) is 0 Å². The van der Waals surface area contributed by atoms with Crippen LogP contribution in [-0.2, 0) is 9.59 Å². The Morgan fingerprint density at radius 1 is 0.870 bits per heavy atom. The molecule has 5 nitrogen and oxygen atoms in total. The summed E-state index contributed by atoms with van der Waals surface area (Å²) in [5, 5.41) is 0. The van der Waals surface area contributed by atoms with Crippen molar-refractivity contribution >= 4 is 11.9 Å². The second kappa shape index (κ2) is 10.6. The quantitative estimate of drug-likeness (QED) is 0.365. The average molecular weight is 322 g/mol. The van der Waals surface area contributed by atoms with Gasteiger partial charge in [0.15, 0.2) is 11.5 Å². The summed E-state index contributed by atoms with van der Waals surface area (Å²) >= 11 is 0. The average Bonchev–Trinajstić information content (AvgIpc) is 2.56. The van der Waals surface area contributed by atoms with Crippen LogP contribution >= 0.6 is 0 Å². The highest BCUT2D eigenvalue weighted by Crippen LogP contribution is 2.32. The van der Waals surface area contributed by atoms with Gasteiger partial charge >= 0.3 is 11.9 Å². The predicted molar refractivity (Wildman–Crippen MR) is 87.9 cm³/mol. The number of benzene rings is 1. The van der Waals surface area contributed by atoms with Crippen molar-refractivity contribution in [2.75, 3.05) is 6.61 Å².